The maximum Gasteiger partial charge on any atom is 0.0822 e. The third kappa shape index (κ3) is 23.9. The Hall–Kier alpha value is -0.120. The van der Waals surface area contributed by atoms with Gasteiger partial charge in [-0.2, -0.15) is 0 Å². The summed E-state index contributed by atoms with van der Waals surface area (Å²) in [6.45, 7) is 7.24. The van der Waals surface area contributed by atoms with Crippen molar-refractivity contribution in [2.75, 3.05) is 26.4 Å². The lowest BCUT2D eigenvalue weighted by atomic mass is 10.0. The lowest BCUT2D eigenvalue weighted by Crippen LogP contribution is -1.95. The second kappa shape index (κ2) is 23.9. The van der Waals surface area contributed by atoms with Crippen molar-refractivity contribution in [3.63, 3.8) is 0 Å². The molecule has 0 aliphatic rings. The molecular formula is C22H46O3. The summed E-state index contributed by atoms with van der Waals surface area (Å²) in [6.07, 6.45) is 22.0. The molecule has 3 nitrogen and oxygen atoms in total. The van der Waals surface area contributed by atoms with Crippen LogP contribution in [0.2, 0.25) is 0 Å². The van der Waals surface area contributed by atoms with Gasteiger partial charge >= 0.3 is 0 Å². The fourth-order valence-electron chi connectivity index (χ4n) is 3.13. The minimum Gasteiger partial charge on any atom is -0.382 e. The van der Waals surface area contributed by atoms with Crippen molar-refractivity contribution in [2.24, 2.45) is 0 Å². The Bertz CT molecular complexity index is 199. The second-order valence-electron chi connectivity index (χ2n) is 7.08. The molecule has 0 spiro atoms. The molecule has 0 fully saturated rings. The van der Waals surface area contributed by atoms with Crippen molar-refractivity contribution in [1.82, 2.24) is 0 Å². The van der Waals surface area contributed by atoms with E-state index in [0.29, 0.717) is 6.61 Å². The van der Waals surface area contributed by atoms with Crippen LogP contribution in [0.3, 0.4) is 0 Å². The minimum absolute atomic E-state index is 0.648. The highest BCUT2D eigenvalue weighted by Gasteiger charge is 1.95. The van der Waals surface area contributed by atoms with Gasteiger partial charge in [0, 0.05) is 13.2 Å². The van der Waals surface area contributed by atoms with E-state index in [9.17, 15) is 0 Å². The van der Waals surface area contributed by atoms with Crippen LogP contribution < -0.4 is 0 Å². The van der Waals surface area contributed by atoms with Gasteiger partial charge in [-0.1, -0.05) is 89.9 Å². The SMILES string of the molecule is CCOCCCCCCCCCCCCCCCCCCOOCC. The molecular weight excluding hydrogens is 312 g/mol. The Morgan fingerprint density at radius 3 is 1.08 bits per heavy atom. The molecule has 0 saturated carbocycles. The molecule has 0 unspecified atom stereocenters. The second-order valence-corrected chi connectivity index (χ2v) is 7.08. The van der Waals surface area contributed by atoms with E-state index < -0.39 is 0 Å². The van der Waals surface area contributed by atoms with Crippen molar-refractivity contribution in [3.8, 4) is 0 Å². The van der Waals surface area contributed by atoms with Crippen LogP contribution in [0.25, 0.3) is 0 Å². The minimum atomic E-state index is 0.648. The first-order valence-corrected chi connectivity index (χ1v) is 11.2. The third-order valence-corrected chi connectivity index (χ3v) is 4.67. The monoisotopic (exact) mass is 358 g/mol. The van der Waals surface area contributed by atoms with Gasteiger partial charge < -0.3 is 4.74 Å². The van der Waals surface area contributed by atoms with E-state index in [1.807, 2.05) is 6.92 Å². The molecule has 3 heteroatoms. The highest BCUT2D eigenvalue weighted by Crippen LogP contribution is 2.13. The number of unbranched alkanes of at least 4 members (excludes halogenated alkanes) is 15. The average molecular weight is 359 g/mol. The Balaban J connectivity index is 2.94. The maximum absolute atomic E-state index is 5.36. The molecule has 0 radical (unpaired) electrons. The molecule has 25 heavy (non-hydrogen) atoms. The molecule has 0 saturated heterocycles. The summed E-state index contributed by atoms with van der Waals surface area (Å²) in [5, 5.41) is 0. The quantitative estimate of drug-likeness (QED) is 0.116. The van der Waals surface area contributed by atoms with Crippen molar-refractivity contribution >= 4 is 0 Å². The zero-order valence-corrected chi connectivity index (χ0v) is 17.4. The Morgan fingerprint density at radius 1 is 0.360 bits per heavy atom. The summed E-state index contributed by atoms with van der Waals surface area (Å²) < 4.78 is 5.36. The van der Waals surface area contributed by atoms with E-state index in [1.54, 1.807) is 0 Å². The van der Waals surface area contributed by atoms with Crippen LogP contribution in [0.15, 0.2) is 0 Å². The van der Waals surface area contributed by atoms with E-state index in [-0.39, 0.29) is 0 Å². The lowest BCUT2D eigenvalue weighted by Gasteiger charge is -2.04. The molecule has 0 aliphatic heterocycles. The first kappa shape index (κ1) is 24.9. The summed E-state index contributed by atoms with van der Waals surface area (Å²) in [6, 6.07) is 0. The Labute approximate surface area is 158 Å². The highest BCUT2D eigenvalue weighted by atomic mass is 17.2. The predicted molar refractivity (Wildman–Crippen MR) is 108 cm³/mol. The number of rotatable bonds is 22. The summed E-state index contributed by atoms with van der Waals surface area (Å²) in [5.41, 5.74) is 0. The average Bonchev–Trinajstić information content (AvgIpc) is 2.63. The molecule has 0 aliphatic carbocycles. The smallest absolute Gasteiger partial charge is 0.0822 e. The largest absolute Gasteiger partial charge is 0.382 e. The van der Waals surface area contributed by atoms with Crippen LogP contribution in [-0.2, 0) is 14.5 Å². The van der Waals surface area contributed by atoms with Gasteiger partial charge in [0.1, 0.15) is 0 Å². The van der Waals surface area contributed by atoms with Crippen molar-refractivity contribution in [3.05, 3.63) is 0 Å². The van der Waals surface area contributed by atoms with Gasteiger partial charge in [0.05, 0.1) is 13.2 Å². The van der Waals surface area contributed by atoms with Gasteiger partial charge in [-0.3, -0.25) is 0 Å². The van der Waals surface area contributed by atoms with E-state index >= 15 is 0 Å². The fraction of sp³-hybridized carbons (Fsp3) is 1.00. The normalized spacial score (nSPS) is 11.3. The molecule has 0 N–H and O–H groups in total. The molecule has 152 valence electrons. The first-order chi connectivity index (χ1) is 12.4. The van der Waals surface area contributed by atoms with Crippen LogP contribution in [0, 0.1) is 0 Å². The van der Waals surface area contributed by atoms with E-state index in [4.69, 9.17) is 14.5 Å². The zero-order valence-electron chi connectivity index (χ0n) is 17.4. The molecule has 0 heterocycles. The number of hydrogen-bond donors (Lipinski definition) is 0. The zero-order chi connectivity index (χ0) is 18.3. The molecule has 0 bridgehead atoms. The van der Waals surface area contributed by atoms with Crippen molar-refractivity contribution in [2.45, 2.75) is 117 Å². The van der Waals surface area contributed by atoms with Crippen LogP contribution in [-0.4, -0.2) is 26.4 Å². The van der Waals surface area contributed by atoms with Crippen LogP contribution in [0.1, 0.15) is 117 Å². The number of ether oxygens (including phenoxy) is 1. The predicted octanol–water partition coefficient (Wildman–Crippen LogP) is 7.23. The van der Waals surface area contributed by atoms with Crippen LogP contribution in [0.4, 0.5) is 0 Å². The van der Waals surface area contributed by atoms with Gasteiger partial charge in [-0.15, -0.1) is 0 Å². The van der Waals surface area contributed by atoms with Crippen molar-refractivity contribution < 1.29 is 14.5 Å². The van der Waals surface area contributed by atoms with Gasteiger partial charge in [-0.25, -0.2) is 9.78 Å². The standard InChI is InChI=1S/C22H46O3/c1-3-23-21-19-17-15-13-11-9-7-5-6-8-10-12-14-16-18-20-22-25-24-4-2/h3-22H2,1-2H3. The van der Waals surface area contributed by atoms with E-state index in [1.165, 1.54) is 96.3 Å². The number of hydrogen-bond acceptors (Lipinski definition) is 3. The summed E-state index contributed by atoms with van der Waals surface area (Å²) >= 11 is 0. The third-order valence-electron chi connectivity index (χ3n) is 4.67. The molecule has 0 atom stereocenters. The first-order valence-electron chi connectivity index (χ1n) is 11.2. The topological polar surface area (TPSA) is 27.7 Å². The maximum atomic E-state index is 5.36. The highest BCUT2D eigenvalue weighted by molar-refractivity contribution is 4.50. The van der Waals surface area contributed by atoms with Gasteiger partial charge in [0.2, 0.25) is 0 Å². The Kier molecular flexibility index (Phi) is 23.8. The molecule has 0 amide bonds. The molecule has 0 aromatic heterocycles. The fourth-order valence-corrected chi connectivity index (χ4v) is 3.13. The summed E-state index contributed by atoms with van der Waals surface area (Å²) in [5.74, 6) is 0. The van der Waals surface area contributed by atoms with Crippen LogP contribution in [0.5, 0.6) is 0 Å². The van der Waals surface area contributed by atoms with Crippen molar-refractivity contribution in [1.29, 1.82) is 0 Å². The summed E-state index contributed by atoms with van der Waals surface area (Å²) in [7, 11) is 0. The lowest BCUT2D eigenvalue weighted by molar-refractivity contribution is -0.291. The molecule has 0 aromatic carbocycles. The molecule has 0 rings (SSSR count). The summed E-state index contributed by atoms with van der Waals surface area (Å²) in [4.78, 5) is 9.88. The van der Waals surface area contributed by atoms with Crippen LogP contribution >= 0.6 is 0 Å². The van der Waals surface area contributed by atoms with E-state index in [0.717, 1.165) is 26.2 Å². The van der Waals surface area contributed by atoms with Gasteiger partial charge in [0.25, 0.3) is 0 Å². The Morgan fingerprint density at radius 2 is 0.720 bits per heavy atom. The van der Waals surface area contributed by atoms with Gasteiger partial charge in [-0.05, 0) is 26.7 Å². The van der Waals surface area contributed by atoms with E-state index in [2.05, 4.69) is 6.92 Å². The molecule has 0 aromatic rings. The van der Waals surface area contributed by atoms with Gasteiger partial charge in [0.15, 0.2) is 0 Å².